The van der Waals surface area contributed by atoms with Crippen molar-refractivity contribution in [3.8, 4) is 0 Å². The first-order valence-corrected chi connectivity index (χ1v) is 29.2. The summed E-state index contributed by atoms with van der Waals surface area (Å²) in [5.74, 6) is -8.29. The minimum atomic E-state index is -1.77. The second-order valence-corrected chi connectivity index (χ2v) is 25.9. The van der Waals surface area contributed by atoms with E-state index in [0.717, 1.165) is 0 Å². The maximum Gasteiger partial charge on any atom is 0.407 e. The highest BCUT2D eigenvalue weighted by atomic mass is 16.6. The number of aliphatic hydroxyl groups excluding tert-OH is 1. The Kier molecular flexibility index (Phi) is 31.6. The van der Waals surface area contributed by atoms with Crippen LogP contribution in [0, 0.1) is 11.8 Å². The fraction of sp³-hybridized carbons (Fsp3) is 0.786. The SMILES string of the molecule is CC(C)C[C@@H]1NC(=O)[C@@H](CC(C)C)NC(=O)[C@H](CCNC(=O)OC(C)(C)C)NC(=O)[C@@H](NC(=O)[C@@H](N)CCNC(=O)OC(C)(C)C)CCNC(=O)[C@H]([C@@H](C)O)NC(=O)[C@H](CCNC(=O)OC(C)(C)C)NC(=O)[C@H](CCNC(=O)OC(C)(C)C)NC1=O. The van der Waals surface area contributed by atoms with E-state index >= 15 is 0 Å². The van der Waals surface area contributed by atoms with Crippen molar-refractivity contribution in [3.63, 3.8) is 0 Å². The Morgan fingerprint density at radius 1 is 0.477 bits per heavy atom. The predicted octanol–water partition coefficient (Wildman–Crippen LogP) is 0.359. The Labute approximate surface area is 505 Å². The van der Waals surface area contributed by atoms with E-state index in [0.29, 0.717) is 0 Å². The van der Waals surface area contributed by atoms with Gasteiger partial charge in [-0.3, -0.25) is 38.4 Å². The first kappa shape index (κ1) is 76.8. The standard InChI is InChI=1S/C56H101N13O17/c1-30(2)28-38-46(76)66-35(20-25-60-50(80)84-54(9,10)11)43(73)65-37(22-27-62-52(82)86-56(15,16)17)45(75)69-40(32(5)70)48(78)58-24-19-34(63-41(71)33(57)18-23-59-49(79)83-53(6,7)8)42(72)64-36(21-26-61-51(81)85-55(12,13)14)44(74)67-39(29-31(3)4)47(77)68-38/h30-40,70H,18-29,57H2,1-17H3,(H,58,78)(H,59,79)(H,60,80)(H,61,81)(H,62,82)(H,63,71)(H,64,72)(H,65,73)(H,66,76)(H,67,74)(H,68,77)(H,69,75)/t32-,33+,34+,35+,36+,37+,38+,39-,40+/m1/s1. The predicted molar refractivity (Wildman–Crippen MR) is 315 cm³/mol. The number of carbonyl (C=O) groups is 12. The molecule has 0 saturated carbocycles. The van der Waals surface area contributed by atoms with Crippen molar-refractivity contribution in [2.24, 2.45) is 17.6 Å². The molecule has 0 bridgehead atoms. The largest absolute Gasteiger partial charge is 0.444 e. The van der Waals surface area contributed by atoms with Crippen molar-refractivity contribution >= 4 is 71.6 Å². The summed E-state index contributed by atoms with van der Waals surface area (Å²) < 4.78 is 21.2. The molecule has 492 valence electrons. The highest BCUT2D eigenvalue weighted by Gasteiger charge is 2.37. The van der Waals surface area contributed by atoms with Gasteiger partial charge in [-0.25, -0.2) is 19.2 Å². The average Bonchev–Trinajstić information content (AvgIpc) is 3.40. The summed E-state index contributed by atoms with van der Waals surface area (Å²) in [6.07, 6.45) is -6.70. The van der Waals surface area contributed by atoms with Crippen molar-refractivity contribution in [2.75, 3.05) is 32.7 Å². The molecule has 1 saturated heterocycles. The number of ether oxygens (including phenoxy) is 4. The van der Waals surface area contributed by atoms with Crippen LogP contribution in [0.25, 0.3) is 0 Å². The normalized spacial score (nSPS) is 21.9. The molecule has 30 nitrogen and oxygen atoms in total. The Balaban J connectivity index is 4.14. The van der Waals surface area contributed by atoms with Crippen LogP contribution in [0.15, 0.2) is 0 Å². The zero-order valence-electron chi connectivity index (χ0n) is 53.4. The van der Waals surface area contributed by atoms with Crippen LogP contribution in [0.4, 0.5) is 19.2 Å². The lowest BCUT2D eigenvalue weighted by Crippen LogP contribution is -2.61. The number of rotatable bonds is 19. The molecule has 0 aromatic rings. The van der Waals surface area contributed by atoms with Gasteiger partial charge < -0.3 is 93.6 Å². The molecule has 1 rings (SSSR count). The van der Waals surface area contributed by atoms with E-state index in [-0.39, 0.29) is 76.5 Å². The van der Waals surface area contributed by atoms with Gasteiger partial charge in [0, 0.05) is 32.7 Å². The minimum absolute atomic E-state index is 0.0233. The van der Waals surface area contributed by atoms with Crippen LogP contribution in [-0.4, -0.2) is 186 Å². The van der Waals surface area contributed by atoms with Crippen molar-refractivity contribution in [3.05, 3.63) is 0 Å². The molecule has 1 aliphatic heterocycles. The van der Waals surface area contributed by atoms with Gasteiger partial charge in [0.1, 0.15) is 64.7 Å². The molecule has 0 aromatic heterocycles. The lowest BCUT2D eigenvalue weighted by molar-refractivity contribution is -0.136. The van der Waals surface area contributed by atoms with E-state index in [4.69, 9.17) is 24.7 Å². The molecule has 0 radical (unpaired) electrons. The minimum Gasteiger partial charge on any atom is -0.444 e. The van der Waals surface area contributed by atoms with E-state index in [9.17, 15) is 62.6 Å². The molecule has 15 N–H and O–H groups in total. The lowest BCUT2D eigenvalue weighted by Gasteiger charge is -2.29. The quantitative estimate of drug-likeness (QED) is 0.0777. The molecule has 1 heterocycles. The molecule has 0 unspecified atom stereocenters. The first-order chi connectivity index (χ1) is 39.4. The van der Waals surface area contributed by atoms with Crippen LogP contribution < -0.4 is 69.5 Å². The van der Waals surface area contributed by atoms with Crippen molar-refractivity contribution in [2.45, 2.75) is 239 Å². The average molecular weight is 1230 g/mol. The van der Waals surface area contributed by atoms with Crippen LogP contribution in [0.3, 0.4) is 0 Å². The van der Waals surface area contributed by atoms with E-state index in [1.54, 1.807) is 111 Å². The molecule has 1 fully saturated rings. The number of amides is 12. The van der Waals surface area contributed by atoms with Gasteiger partial charge in [0.25, 0.3) is 0 Å². The van der Waals surface area contributed by atoms with Gasteiger partial charge in [-0.1, -0.05) is 27.7 Å². The number of carbonyl (C=O) groups excluding carboxylic acids is 12. The van der Waals surface area contributed by atoms with Crippen molar-refractivity contribution < 1.29 is 81.6 Å². The van der Waals surface area contributed by atoms with Crippen LogP contribution in [0.1, 0.15) is 163 Å². The molecule has 0 aromatic carbocycles. The Hall–Kier alpha value is -7.24. The van der Waals surface area contributed by atoms with Crippen LogP contribution in [0.5, 0.6) is 0 Å². The van der Waals surface area contributed by atoms with Gasteiger partial charge in [-0.05, 0) is 147 Å². The maximum absolute atomic E-state index is 14.6. The summed E-state index contributed by atoms with van der Waals surface area (Å²) in [6.45, 7) is 26.3. The van der Waals surface area contributed by atoms with Crippen molar-refractivity contribution in [1.82, 2.24) is 63.8 Å². The fourth-order valence-corrected chi connectivity index (χ4v) is 7.90. The van der Waals surface area contributed by atoms with Gasteiger partial charge in [-0.15, -0.1) is 0 Å². The summed E-state index contributed by atoms with van der Waals surface area (Å²) >= 11 is 0. The zero-order valence-corrected chi connectivity index (χ0v) is 53.4. The molecule has 30 heteroatoms. The zero-order chi connectivity index (χ0) is 66.1. The van der Waals surface area contributed by atoms with E-state index in [1.807, 2.05) is 0 Å². The monoisotopic (exact) mass is 1230 g/mol. The maximum atomic E-state index is 14.6. The van der Waals surface area contributed by atoms with E-state index in [2.05, 4.69) is 63.8 Å². The van der Waals surface area contributed by atoms with Crippen LogP contribution >= 0.6 is 0 Å². The number of alkyl carbamates (subject to hydrolysis) is 4. The lowest BCUT2D eigenvalue weighted by atomic mass is 9.99. The first-order valence-electron chi connectivity index (χ1n) is 29.2. The molecular weight excluding hydrogens is 1130 g/mol. The topological polar surface area (TPSA) is 432 Å². The van der Waals surface area contributed by atoms with Gasteiger partial charge in [-0.2, -0.15) is 0 Å². The summed E-state index contributed by atoms with van der Waals surface area (Å²) in [5.41, 5.74) is 2.64. The summed E-state index contributed by atoms with van der Waals surface area (Å²) in [4.78, 5) is 165. The highest BCUT2D eigenvalue weighted by Crippen LogP contribution is 2.14. The summed E-state index contributed by atoms with van der Waals surface area (Å²) in [6, 6.07) is -12.3. The van der Waals surface area contributed by atoms with Crippen LogP contribution in [-0.2, 0) is 57.3 Å². The third kappa shape index (κ3) is 33.5. The van der Waals surface area contributed by atoms with Gasteiger partial charge in [0.2, 0.25) is 47.3 Å². The molecule has 12 amide bonds. The number of nitrogens with two attached hydrogens (primary N) is 1. The van der Waals surface area contributed by atoms with Gasteiger partial charge >= 0.3 is 24.4 Å². The van der Waals surface area contributed by atoms with Crippen molar-refractivity contribution in [1.29, 1.82) is 0 Å². The molecule has 9 atom stereocenters. The summed E-state index contributed by atoms with van der Waals surface area (Å²) in [5, 5.41) is 41.6. The van der Waals surface area contributed by atoms with E-state index in [1.165, 1.54) is 6.92 Å². The highest BCUT2D eigenvalue weighted by molar-refractivity contribution is 5.98. The Morgan fingerprint density at radius 2 is 0.779 bits per heavy atom. The third-order valence-corrected chi connectivity index (χ3v) is 11.8. The second-order valence-electron chi connectivity index (χ2n) is 25.9. The Bertz CT molecular complexity index is 2310. The molecular formula is C56H101N13O17. The second kappa shape index (κ2) is 35.4. The smallest absolute Gasteiger partial charge is 0.407 e. The number of nitrogens with one attached hydrogen (secondary N) is 12. The number of hydrogen-bond acceptors (Lipinski definition) is 18. The molecule has 1 aliphatic rings. The third-order valence-electron chi connectivity index (χ3n) is 11.8. The number of aliphatic hydroxyl groups is 1. The molecule has 0 aliphatic carbocycles. The molecule has 0 spiro atoms. The number of hydrogen-bond donors (Lipinski definition) is 14. The fourth-order valence-electron chi connectivity index (χ4n) is 7.90. The molecule has 86 heavy (non-hydrogen) atoms. The van der Waals surface area contributed by atoms with Crippen LogP contribution in [0.2, 0.25) is 0 Å². The van der Waals surface area contributed by atoms with Gasteiger partial charge in [0.05, 0.1) is 12.1 Å². The Morgan fingerprint density at radius 3 is 1.10 bits per heavy atom. The van der Waals surface area contributed by atoms with E-state index < -0.39 is 161 Å². The van der Waals surface area contributed by atoms with Gasteiger partial charge in [0.15, 0.2) is 0 Å². The summed E-state index contributed by atoms with van der Waals surface area (Å²) in [7, 11) is 0.